The van der Waals surface area contributed by atoms with Crippen LogP contribution in [0.4, 0.5) is 5.69 Å². The first-order valence-electron chi connectivity index (χ1n) is 10.5. The van der Waals surface area contributed by atoms with Crippen molar-refractivity contribution in [1.29, 1.82) is 0 Å². The van der Waals surface area contributed by atoms with E-state index in [1.165, 1.54) is 0 Å². The molecule has 5 nitrogen and oxygen atoms in total. The summed E-state index contributed by atoms with van der Waals surface area (Å²) in [6.45, 7) is 3.37. The lowest BCUT2D eigenvalue weighted by Gasteiger charge is -2.19. The summed E-state index contributed by atoms with van der Waals surface area (Å²) >= 11 is 0. The number of hydrogen-bond acceptors (Lipinski definition) is 3. The molecular weight excluding hydrogens is 388 g/mol. The van der Waals surface area contributed by atoms with Crippen molar-refractivity contribution in [1.82, 2.24) is 4.90 Å². The number of likely N-dealkylation sites (tertiary alicyclic amines) is 1. The van der Waals surface area contributed by atoms with Crippen LogP contribution in [0.3, 0.4) is 0 Å². The molecule has 1 fully saturated rings. The molecule has 1 heterocycles. The molecule has 3 aromatic rings. The molecule has 0 saturated carbocycles. The van der Waals surface area contributed by atoms with Gasteiger partial charge >= 0.3 is 0 Å². The maximum Gasteiger partial charge on any atom is 0.256 e. The van der Waals surface area contributed by atoms with Crippen LogP contribution in [0.15, 0.2) is 60.7 Å². The van der Waals surface area contributed by atoms with Gasteiger partial charge in [0.2, 0.25) is 0 Å². The smallest absolute Gasteiger partial charge is 0.256 e. The van der Waals surface area contributed by atoms with E-state index in [1.807, 2.05) is 48.2 Å². The SMILES string of the molecule is Cc1cccc(NC(=O)c2ccc3c(c2)C(=O)c2ccccc2-3)c1C(=O)N1CCCC1. The summed E-state index contributed by atoms with van der Waals surface area (Å²) in [4.78, 5) is 40.7. The average Bonchev–Trinajstić information content (AvgIpc) is 3.41. The molecule has 0 atom stereocenters. The molecule has 0 radical (unpaired) electrons. The lowest BCUT2D eigenvalue weighted by Crippen LogP contribution is -2.29. The fourth-order valence-corrected chi connectivity index (χ4v) is 4.50. The lowest BCUT2D eigenvalue weighted by atomic mass is 10.0. The van der Waals surface area contributed by atoms with Crippen LogP contribution in [0.1, 0.15) is 55.0 Å². The van der Waals surface area contributed by atoms with E-state index in [0.29, 0.717) is 27.9 Å². The van der Waals surface area contributed by atoms with Gasteiger partial charge < -0.3 is 10.2 Å². The molecule has 1 aliphatic carbocycles. The summed E-state index contributed by atoms with van der Waals surface area (Å²) in [6, 6.07) is 18.1. The van der Waals surface area contributed by atoms with E-state index in [4.69, 9.17) is 0 Å². The number of nitrogens with zero attached hydrogens (tertiary/aromatic N) is 1. The number of benzene rings is 3. The van der Waals surface area contributed by atoms with Gasteiger partial charge in [-0.1, -0.05) is 42.5 Å². The summed E-state index contributed by atoms with van der Waals surface area (Å²) in [7, 11) is 0. The van der Waals surface area contributed by atoms with E-state index < -0.39 is 0 Å². The molecule has 5 rings (SSSR count). The van der Waals surface area contributed by atoms with E-state index in [1.54, 1.807) is 24.3 Å². The minimum absolute atomic E-state index is 0.0505. The zero-order valence-electron chi connectivity index (χ0n) is 17.3. The lowest BCUT2D eigenvalue weighted by molar-refractivity contribution is 0.0793. The molecule has 0 spiro atoms. The normalized spacial score (nSPS) is 14.4. The van der Waals surface area contributed by atoms with Gasteiger partial charge in [0, 0.05) is 29.8 Å². The fraction of sp³-hybridized carbons (Fsp3) is 0.192. The predicted molar refractivity (Wildman–Crippen MR) is 120 cm³/mol. The van der Waals surface area contributed by atoms with E-state index >= 15 is 0 Å². The quantitative estimate of drug-likeness (QED) is 0.533. The highest BCUT2D eigenvalue weighted by atomic mass is 16.2. The molecule has 0 aromatic heterocycles. The van der Waals surface area contributed by atoms with Crippen molar-refractivity contribution in [3.05, 3.63) is 88.5 Å². The van der Waals surface area contributed by atoms with Crippen LogP contribution in [0.25, 0.3) is 11.1 Å². The molecule has 154 valence electrons. The van der Waals surface area contributed by atoms with Crippen molar-refractivity contribution in [2.24, 2.45) is 0 Å². The van der Waals surface area contributed by atoms with Crippen molar-refractivity contribution in [2.45, 2.75) is 19.8 Å². The third-order valence-electron chi connectivity index (χ3n) is 6.12. The summed E-state index contributed by atoms with van der Waals surface area (Å²) in [5.41, 5.74) is 5.18. The van der Waals surface area contributed by atoms with E-state index in [0.717, 1.165) is 42.6 Å². The molecule has 3 aromatic carbocycles. The Balaban J connectivity index is 1.45. The van der Waals surface area contributed by atoms with Crippen LogP contribution in [0.2, 0.25) is 0 Å². The van der Waals surface area contributed by atoms with E-state index in [2.05, 4.69) is 5.32 Å². The van der Waals surface area contributed by atoms with Gasteiger partial charge in [-0.05, 0) is 54.7 Å². The monoisotopic (exact) mass is 410 g/mol. The van der Waals surface area contributed by atoms with Gasteiger partial charge in [-0.15, -0.1) is 0 Å². The Bertz CT molecular complexity index is 1240. The van der Waals surface area contributed by atoms with Gasteiger partial charge in [0.1, 0.15) is 0 Å². The third kappa shape index (κ3) is 3.22. The number of ketones is 1. The number of carbonyl (C=O) groups is 3. The van der Waals surface area contributed by atoms with Crippen LogP contribution in [0, 0.1) is 6.92 Å². The molecule has 2 amide bonds. The van der Waals surface area contributed by atoms with Gasteiger partial charge in [0.05, 0.1) is 11.3 Å². The maximum absolute atomic E-state index is 13.1. The van der Waals surface area contributed by atoms with Gasteiger partial charge in [-0.2, -0.15) is 0 Å². The summed E-state index contributed by atoms with van der Waals surface area (Å²) < 4.78 is 0. The fourth-order valence-electron chi connectivity index (χ4n) is 4.50. The van der Waals surface area contributed by atoms with Crippen LogP contribution in [0.5, 0.6) is 0 Å². The molecule has 1 aliphatic heterocycles. The molecule has 2 aliphatic rings. The van der Waals surface area contributed by atoms with Crippen molar-refractivity contribution < 1.29 is 14.4 Å². The molecule has 1 saturated heterocycles. The van der Waals surface area contributed by atoms with Crippen molar-refractivity contribution in [3.63, 3.8) is 0 Å². The number of fused-ring (bicyclic) bond motifs is 3. The summed E-state index contributed by atoms with van der Waals surface area (Å²) in [5, 5.41) is 2.90. The van der Waals surface area contributed by atoms with Gasteiger partial charge in [0.15, 0.2) is 5.78 Å². The van der Waals surface area contributed by atoms with Gasteiger partial charge in [-0.25, -0.2) is 0 Å². The summed E-state index contributed by atoms with van der Waals surface area (Å²) in [6.07, 6.45) is 2.01. The van der Waals surface area contributed by atoms with Gasteiger partial charge in [-0.3, -0.25) is 14.4 Å². The second-order valence-corrected chi connectivity index (χ2v) is 8.09. The number of hydrogen-bond donors (Lipinski definition) is 1. The summed E-state index contributed by atoms with van der Waals surface area (Å²) in [5.74, 6) is -0.459. The topological polar surface area (TPSA) is 66.5 Å². The Hall–Kier alpha value is -3.73. The maximum atomic E-state index is 13.1. The number of aryl methyl sites for hydroxylation is 1. The third-order valence-corrected chi connectivity index (χ3v) is 6.12. The highest BCUT2D eigenvalue weighted by Gasteiger charge is 2.28. The molecular formula is C26H22N2O3. The minimum Gasteiger partial charge on any atom is -0.339 e. The Morgan fingerprint density at radius 3 is 2.32 bits per heavy atom. The van der Waals surface area contributed by atoms with E-state index in [-0.39, 0.29) is 17.6 Å². The number of anilines is 1. The van der Waals surface area contributed by atoms with Crippen LogP contribution >= 0.6 is 0 Å². The van der Waals surface area contributed by atoms with Gasteiger partial charge in [0.25, 0.3) is 11.8 Å². The zero-order chi connectivity index (χ0) is 21.5. The molecule has 5 heteroatoms. The average molecular weight is 410 g/mol. The Morgan fingerprint density at radius 1 is 0.839 bits per heavy atom. The number of carbonyl (C=O) groups excluding carboxylic acids is 3. The standard InChI is InChI=1S/C26H22N2O3/c1-16-7-6-10-22(23(16)26(31)28-13-4-5-14-28)27-25(30)17-11-12-19-18-8-2-3-9-20(18)24(29)21(19)15-17/h2-3,6-12,15H,4-5,13-14H2,1H3,(H,27,30). The highest BCUT2D eigenvalue weighted by molar-refractivity contribution is 6.22. The molecule has 1 N–H and O–H groups in total. The molecule has 31 heavy (non-hydrogen) atoms. The first-order valence-corrected chi connectivity index (χ1v) is 10.5. The van der Waals surface area contributed by atoms with Crippen LogP contribution < -0.4 is 5.32 Å². The number of amides is 2. The number of rotatable bonds is 3. The second kappa shape index (κ2) is 7.51. The van der Waals surface area contributed by atoms with Crippen molar-refractivity contribution in [2.75, 3.05) is 18.4 Å². The van der Waals surface area contributed by atoms with Crippen LogP contribution in [-0.2, 0) is 0 Å². The first-order chi connectivity index (χ1) is 15.0. The number of nitrogens with one attached hydrogen (secondary N) is 1. The zero-order valence-corrected chi connectivity index (χ0v) is 17.3. The molecule has 0 unspecified atom stereocenters. The van der Waals surface area contributed by atoms with Crippen molar-refractivity contribution in [3.8, 4) is 11.1 Å². The molecule has 0 bridgehead atoms. The highest BCUT2D eigenvalue weighted by Crippen LogP contribution is 2.37. The van der Waals surface area contributed by atoms with Crippen molar-refractivity contribution >= 4 is 23.3 Å². The Kier molecular flexibility index (Phi) is 4.66. The van der Waals surface area contributed by atoms with Crippen LogP contribution in [-0.4, -0.2) is 35.6 Å². The van der Waals surface area contributed by atoms with E-state index in [9.17, 15) is 14.4 Å². The largest absolute Gasteiger partial charge is 0.339 e. The minimum atomic E-state index is -0.340. The Labute approximate surface area is 180 Å². The Morgan fingerprint density at radius 2 is 1.55 bits per heavy atom. The predicted octanol–water partition coefficient (Wildman–Crippen LogP) is 4.69. The first kappa shape index (κ1) is 19.2. The second-order valence-electron chi connectivity index (χ2n) is 8.09.